The molecule has 2 fully saturated rings. The summed E-state index contributed by atoms with van der Waals surface area (Å²) in [6.45, 7) is 13.5. The molecular weight excluding hydrogens is 1080 g/mol. The number of Topliss-reactive ketones (excluding diaryl/α,β-unsaturated/α-hetero) is 1. The number of imide groups is 1. The normalized spacial score (nSPS) is 25.7. The summed E-state index contributed by atoms with van der Waals surface area (Å²) in [6.07, 6.45) is 6.81. The van der Waals surface area contributed by atoms with Crippen molar-refractivity contribution in [3.63, 3.8) is 0 Å². The quantitative estimate of drug-likeness (QED) is 0.0263. The monoisotopic (exact) mass is 1160 g/mol. The first kappa shape index (κ1) is 63.9. The molecule has 19 nitrogen and oxygen atoms in total. The fourth-order valence-corrected chi connectivity index (χ4v) is 11.5. The Kier molecular flexibility index (Phi) is 22.2. The van der Waals surface area contributed by atoms with Crippen LogP contribution in [-0.2, 0) is 60.6 Å². The number of ether oxygens (including phenoxy) is 4. The molecule has 4 aliphatic heterocycles. The first-order valence-corrected chi connectivity index (χ1v) is 28.5. The van der Waals surface area contributed by atoms with Gasteiger partial charge in [0.2, 0.25) is 11.8 Å². The highest BCUT2D eigenvalue weighted by Gasteiger charge is 2.64. The number of esters is 1. The SMILES string of the molecule is CO[C@@H]1/C=C/C=C(\C)Cc2cc(C)c(Cl)c(c2)N(C)C(=O)C[C@H](OC(=O)Nc2ccc(CC(=O)[C@H](CCCNC(N)=O)NC(=O)[C@@H](CC(=S)CCCCCN3C(=O)C=CC3=O)C(C)C)c(C)c2)[C@]2(C)O[C@H]2[C@H](C)[C@@H]2C[C@@]1(O)CC(=O)O2. The zero-order valence-corrected chi connectivity index (χ0v) is 49.5. The Morgan fingerprint density at radius 3 is 2.38 bits per heavy atom. The fourth-order valence-electron chi connectivity index (χ4n) is 11.0. The molecule has 21 heteroatoms. The predicted molar refractivity (Wildman–Crippen MR) is 311 cm³/mol. The summed E-state index contributed by atoms with van der Waals surface area (Å²) in [5.74, 6) is -3.47. The summed E-state index contributed by atoms with van der Waals surface area (Å²) in [5, 5.41) is 20.7. The van der Waals surface area contributed by atoms with E-state index in [4.69, 9.17) is 48.5 Å². The molecule has 0 spiro atoms. The number of anilines is 2. The van der Waals surface area contributed by atoms with Crippen LogP contribution in [0.25, 0.3) is 0 Å². The number of hydrogen-bond donors (Lipinski definition) is 5. The first-order valence-electron chi connectivity index (χ1n) is 27.7. The van der Waals surface area contributed by atoms with Gasteiger partial charge in [-0.25, -0.2) is 9.59 Å². The molecule has 0 aromatic heterocycles. The molecular formula is C60H79ClN6O13S. The van der Waals surface area contributed by atoms with E-state index in [0.717, 1.165) is 29.5 Å². The third kappa shape index (κ3) is 16.9. The highest BCUT2D eigenvalue weighted by molar-refractivity contribution is 7.80. The van der Waals surface area contributed by atoms with E-state index in [1.54, 1.807) is 51.2 Å². The maximum atomic E-state index is 14.4. The van der Waals surface area contributed by atoms with Crippen molar-refractivity contribution in [1.29, 1.82) is 0 Å². The summed E-state index contributed by atoms with van der Waals surface area (Å²) in [4.78, 5) is 108. The van der Waals surface area contributed by atoms with Crippen molar-refractivity contribution in [3.05, 3.63) is 93.6 Å². The van der Waals surface area contributed by atoms with Gasteiger partial charge in [-0.15, -0.1) is 0 Å². The van der Waals surface area contributed by atoms with E-state index < -0.39 is 77.5 Å². The van der Waals surface area contributed by atoms with Crippen molar-refractivity contribution in [2.24, 2.45) is 23.5 Å². The van der Waals surface area contributed by atoms with Gasteiger partial charge in [-0.05, 0) is 124 Å². The first-order chi connectivity index (χ1) is 38.2. The maximum absolute atomic E-state index is 14.4. The van der Waals surface area contributed by atoms with Crippen molar-refractivity contribution in [2.45, 2.75) is 167 Å². The van der Waals surface area contributed by atoms with E-state index in [9.17, 15) is 43.5 Å². The van der Waals surface area contributed by atoms with Gasteiger partial charge in [0, 0.05) is 69.8 Å². The molecule has 4 bridgehead atoms. The number of aryl methyl sites for hydroxylation is 2. The number of rotatable bonds is 21. The highest BCUT2D eigenvalue weighted by Crippen LogP contribution is 2.50. The van der Waals surface area contributed by atoms with Gasteiger partial charge in [-0.1, -0.05) is 86.9 Å². The second-order valence-electron chi connectivity index (χ2n) is 22.6. The van der Waals surface area contributed by atoms with Crippen LogP contribution in [0.1, 0.15) is 121 Å². The number of nitrogens with one attached hydrogen (secondary N) is 3. The lowest BCUT2D eigenvalue weighted by molar-refractivity contribution is -0.187. The number of epoxide rings is 1. The van der Waals surface area contributed by atoms with Gasteiger partial charge in [0.05, 0.1) is 35.7 Å². The molecule has 0 saturated carbocycles. The molecule has 4 aliphatic rings. The number of methoxy groups -OCH3 is 1. The molecule has 7 amide bonds. The molecule has 81 heavy (non-hydrogen) atoms. The van der Waals surface area contributed by atoms with Crippen LogP contribution in [0.5, 0.6) is 0 Å². The second-order valence-corrected chi connectivity index (χ2v) is 23.5. The Morgan fingerprint density at radius 1 is 1.00 bits per heavy atom. The lowest BCUT2D eigenvalue weighted by Gasteiger charge is -2.41. The Morgan fingerprint density at radius 2 is 1.72 bits per heavy atom. The Bertz CT molecular complexity index is 2820. The standard InChI is InChI=1S/C60H79ClN6O13S/c1-34(2)43(30-42(81)16-11-10-12-24-67-50(69)21-22-51(67)70)56(73)65-44(17-14-23-63-57(62)74)46(68)29-40-19-20-41(27-36(40)4)64-58(75)79-49-31-52(71)66(8)45-28-39(26-37(5)54(45)61)25-35(3)15-13-18-48(77-9)60(76)32-47(78-53(72)33-60)38(6)55-59(49,7)80-55/h13,15,18-22,26-28,34,38,43-44,47-49,55,76H,10-12,14,16-17,23-25,29-33H2,1-9H3,(H,64,75)(H,65,73)(H3,62,63,74)/b18-13+,35-15+/t38-,43+,44+,47+,48-,49+,55+,59+,60-/m1/s1. The summed E-state index contributed by atoms with van der Waals surface area (Å²) in [6, 6.07) is 7.13. The molecule has 2 aromatic rings. The lowest BCUT2D eigenvalue weighted by Crippen LogP contribution is -2.53. The van der Waals surface area contributed by atoms with Gasteiger partial charge in [0.25, 0.3) is 11.8 Å². The number of allylic oxidation sites excluding steroid dienone is 3. The maximum Gasteiger partial charge on any atom is 0.412 e. The molecule has 2 aromatic carbocycles. The molecule has 440 valence electrons. The number of nitrogens with two attached hydrogens (primary N) is 1. The van der Waals surface area contributed by atoms with E-state index in [1.807, 2.05) is 52.8 Å². The number of unbranched alkanes of at least 4 members (excludes halogenated alkanes) is 2. The van der Waals surface area contributed by atoms with Gasteiger partial charge in [-0.2, -0.15) is 0 Å². The molecule has 2 saturated heterocycles. The van der Waals surface area contributed by atoms with Crippen LogP contribution in [0.15, 0.2) is 66.3 Å². The van der Waals surface area contributed by atoms with Crippen molar-refractivity contribution >= 4 is 87.6 Å². The minimum Gasteiger partial charge on any atom is -0.462 e. The van der Waals surface area contributed by atoms with Crippen LogP contribution in [0.2, 0.25) is 5.02 Å². The van der Waals surface area contributed by atoms with Gasteiger partial charge in [-0.3, -0.25) is 39.0 Å². The number of fused-ring (bicyclic) bond motifs is 5. The molecule has 6 N–H and O–H groups in total. The number of benzene rings is 2. The average molecular weight is 1160 g/mol. The average Bonchev–Trinajstić information content (AvgIpc) is 3.38. The van der Waals surface area contributed by atoms with Crippen LogP contribution < -0.4 is 26.6 Å². The van der Waals surface area contributed by atoms with E-state index in [2.05, 4.69) is 16.0 Å². The summed E-state index contributed by atoms with van der Waals surface area (Å²) < 4.78 is 24.1. The van der Waals surface area contributed by atoms with Gasteiger partial charge in [0.15, 0.2) is 5.78 Å². The van der Waals surface area contributed by atoms with Gasteiger partial charge < -0.3 is 45.3 Å². The fraction of sp³-hybridized carbons (Fsp3) is 0.550. The summed E-state index contributed by atoms with van der Waals surface area (Å²) in [5.41, 5.74) is 7.08. The summed E-state index contributed by atoms with van der Waals surface area (Å²) in [7, 11) is 3.07. The number of halogens is 1. The van der Waals surface area contributed by atoms with Gasteiger partial charge >= 0.3 is 18.1 Å². The third-order valence-electron chi connectivity index (χ3n) is 15.9. The number of ketones is 1. The summed E-state index contributed by atoms with van der Waals surface area (Å²) >= 11 is 12.6. The zero-order chi connectivity index (χ0) is 59.5. The predicted octanol–water partition coefficient (Wildman–Crippen LogP) is 7.79. The number of carbonyl (C=O) groups excluding carboxylic acids is 8. The molecule has 0 aliphatic carbocycles. The van der Waals surface area contributed by atoms with Crippen LogP contribution >= 0.6 is 23.8 Å². The number of aliphatic hydroxyl groups is 1. The Labute approximate surface area is 485 Å². The largest absolute Gasteiger partial charge is 0.462 e. The number of primary amides is 1. The van der Waals surface area contributed by atoms with E-state index in [0.29, 0.717) is 71.0 Å². The van der Waals surface area contributed by atoms with Crippen LogP contribution in [-0.4, -0.2) is 131 Å². The Balaban J connectivity index is 1.15. The molecule has 9 atom stereocenters. The topological polar surface area (TPSA) is 266 Å². The van der Waals surface area contributed by atoms with E-state index in [1.165, 1.54) is 29.1 Å². The van der Waals surface area contributed by atoms with Crippen LogP contribution in [0.3, 0.4) is 0 Å². The smallest absolute Gasteiger partial charge is 0.412 e. The number of amides is 7. The third-order valence-corrected chi connectivity index (χ3v) is 16.8. The highest BCUT2D eigenvalue weighted by atomic mass is 35.5. The Hall–Kier alpha value is -6.32. The molecule has 0 radical (unpaired) electrons. The number of urea groups is 1. The number of hydrogen-bond acceptors (Lipinski definition) is 14. The van der Waals surface area contributed by atoms with E-state index >= 15 is 0 Å². The minimum atomic E-state index is -1.62. The number of carbonyl (C=O) groups is 8. The van der Waals surface area contributed by atoms with Gasteiger partial charge in [0.1, 0.15) is 29.5 Å². The lowest BCUT2D eigenvalue weighted by atomic mass is 9.78. The van der Waals surface area contributed by atoms with Crippen molar-refractivity contribution < 1.29 is 62.4 Å². The minimum absolute atomic E-state index is 0.0234. The van der Waals surface area contributed by atoms with Crippen molar-refractivity contribution in [1.82, 2.24) is 15.5 Å². The molecule has 4 heterocycles. The molecule has 6 rings (SSSR count). The van der Waals surface area contributed by atoms with Crippen molar-refractivity contribution in [3.8, 4) is 0 Å². The second kappa shape index (κ2) is 28.1. The molecule has 0 unspecified atom stereocenters. The number of thiocarbonyl (C=S) groups is 1. The van der Waals surface area contributed by atoms with Crippen molar-refractivity contribution in [2.75, 3.05) is 37.5 Å². The number of nitrogens with zero attached hydrogens (tertiary/aromatic N) is 2. The van der Waals surface area contributed by atoms with Crippen LogP contribution in [0, 0.1) is 31.6 Å². The zero-order valence-electron chi connectivity index (χ0n) is 47.9. The van der Waals surface area contributed by atoms with E-state index in [-0.39, 0.29) is 68.1 Å². The van der Waals surface area contributed by atoms with Crippen LogP contribution in [0.4, 0.5) is 21.0 Å².